The number of ether oxygens (including phenoxy) is 2. The normalized spacial score (nSPS) is 22.8. The fraction of sp³-hybridized carbons (Fsp3) is 0.632. The van der Waals surface area contributed by atoms with Gasteiger partial charge in [-0.2, -0.15) is 0 Å². The minimum absolute atomic E-state index is 0.0939. The van der Waals surface area contributed by atoms with Crippen molar-refractivity contribution >= 4 is 5.91 Å². The summed E-state index contributed by atoms with van der Waals surface area (Å²) in [5, 5.41) is 3.40. The van der Waals surface area contributed by atoms with Gasteiger partial charge < -0.3 is 19.7 Å². The van der Waals surface area contributed by atoms with Crippen LogP contribution in [0.3, 0.4) is 0 Å². The van der Waals surface area contributed by atoms with Gasteiger partial charge in [-0.3, -0.25) is 4.79 Å². The van der Waals surface area contributed by atoms with Crippen LogP contribution in [0.5, 0.6) is 11.5 Å². The molecule has 2 fully saturated rings. The molecule has 0 aromatic heterocycles. The molecule has 0 radical (unpaired) electrons. The molecule has 0 bridgehead atoms. The van der Waals surface area contributed by atoms with Crippen molar-refractivity contribution < 1.29 is 14.3 Å². The number of rotatable bonds is 6. The predicted molar refractivity (Wildman–Crippen MR) is 93.7 cm³/mol. The van der Waals surface area contributed by atoms with Crippen molar-refractivity contribution in [2.45, 2.75) is 20.3 Å². The van der Waals surface area contributed by atoms with E-state index in [-0.39, 0.29) is 5.91 Å². The molecule has 3 rings (SSSR count). The largest absolute Gasteiger partial charge is 0.493 e. The molecule has 1 amide bonds. The van der Waals surface area contributed by atoms with Crippen molar-refractivity contribution in [3.63, 3.8) is 0 Å². The molecular weight excluding hydrogens is 304 g/mol. The highest BCUT2D eigenvalue weighted by Gasteiger charge is 2.38. The van der Waals surface area contributed by atoms with Crippen LogP contribution >= 0.6 is 0 Å². The lowest BCUT2D eigenvalue weighted by Gasteiger charge is -2.19. The molecule has 0 spiro atoms. The molecule has 1 aromatic carbocycles. The van der Waals surface area contributed by atoms with Crippen LogP contribution in [-0.4, -0.2) is 50.7 Å². The predicted octanol–water partition coefficient (Wildman–Crippen LogP) is 2.41. The summed E-state index contributed by atoms with van der Waals surface area (Å²) in [6.07, 6.45) is 0.994. The maximum Gasteiger partial charge on any atom is 0.254 e. The van der Waals surface area contributed by atoms with E-state index in [1.54, 1.807) is 13.2 Å². The van der Waals surface area contributed by atoms with Gasteiger partial charge in [-0.15, -0.1) is 0 Å². The highest BCUT2D eigenvalue weighted by Crippen LogP contribution is 2.31. The van der Waals surface area contributed by atoms with Crippen molar-refractivity contribution in [2.24, 2.45) is 17.8 Å². The third-order valence-electron chi connectivity index (χ3n) is 5.04. The van der Waals surface area contributed by atoms with Gasteiger partial charge in [0, 0.05) is 31.7 Å². The summed E-state index contributed by atoms with van der Waals surface area (Å²) in [6, 6.07) is 5.51. The quantitative estimate of drug-likeness (QED) is 0.869. The molecule has 5 nitrogen and oxygen atoms in total. The van der Waals surface area contributed by atoms with Crippen LogP contribution in [0.25, 0.3) is 0 Å². The zero-order valence-electron chi connectivity index (χ0n) is 14.9. The van der Waals surface area contributed by atoms with E-state index in [1.807, 2.05) is 17.0 Å². The second-order valence-electron chi connectivity index (χ2n) is 7.29. The second-order valence-corrected chi connectivity index (χ2v) is 7.29. The Balaban J connectivity index is 1.66. The van der Waals surface area contributed by atoms with Gasteiger partial charge in [0.05, 0.1) is 13.7 Å². The average molecular weight is 332 g/mol. The van der Waals surface area contributed by atoms with E-state index in [9.17, 15) is 4.79 Å². The van der Waals surface area contributed by atoms with Gasteiger partial charge in [-0.05, 0) is 42.4 Å². The molecule has 1 aromatic rings. The maximum absolute atomic E-state index is 12.8. The summed E-state index contributed by atoms with van der Waals surface area (Å²) in [7, 11) is 1.62. The third kappa shape index (κ3) is 3.66. The van der Waals surface area contributed by atoms with Gasteiger partial charge in [0.2, 0.25) is 0 Å². The van der Waals surface area contributed by atoms with Gasteiger partial charge >= 0.3 is 0 Å². The molecule has 5 heteroatoms. The number of nitrogens with zero attached hydrogens (tertiary/aromatic N) is 1. The van der Waals surface area contributed by atoms with E-state index < -0.39 is 0 Å². The highest BCUT2D eigenvalue weighted by molar-refractivity contribution is 5.95. The number of benzene rings is 1. The van der Waals surface area contributed by atoms with Crippen LogP contribution in [-0.2, 0) is 0 Å². The Morgan fingerprint density at radius 3 is 2.58 bits per heavy atom. The molecule has 0 unspecified atom stereocenters. The molecule has 2 aliphatic heterocycles. The molecular formula is C19H28N2O3. The highest BCUT2D eigenvalue weighted by atomic mass is 16.5. The van der Waals surface area contributed by atoms with Crippen LogP contribution in [0.1, 0.15) is 30.6 Å². The van der Waals surface area contributed by atoms with Gasteiger partial charge in [0.15, 0.2) is 11.5 Å². The number of hydrogen-bond acceptors (Lipinski definition) is 4. The lowest BCUT2D eigenvalue weighted by Crippen LogP contribution is -2.31. The first-order chi connectivity index (χ1) is 11.6. The van der Waals surface area contributed by atoms with E-state index >= 15 is 0 Å². The van der Waals surface area contributed by atoms with Crippen molar-refractivity contribution in [3.05, 3.63) is 23.8 Å². The van der Waals surface area contributed by atoms with Crippen LogP contribution in [0.15, 0.2) is 18.2 Å². The summed E-state index contributed by atoms with van der Waals surface area (Å²) in [5.74, 6) is 3.24. The Morgan fingerprint density at radius 2 is 1.96 bits per heavy atom. The van der Waals surface area contributed by atoms with Crippen molar-refractivity contribution in [3.8, 4) is 11.5 Å². The molecule has 24 heavy (non-hydrogen) atoms. The van der Waals surface area contributed by atoms with Gasteiger partial charge in [0.25, 0.3) is 5.91 Å². The lowest BCUT2D eigenvalue weighted by atomic mass is 10.0. The van der Waals surface area contributed by atoms with Gasteiger partial charge in [0.1, 0.15) is 0 Å². The number of amides is 1. The summed E-state index contributed by atoms with van der Waals surface area (Å²) < 4.78 is 11.2. The first-order valence-corrected chi connectivity index (χ1v) is 8.89. The number of hydrogen-bond donors (Lipinski definition) is 1. The number of methoxy groups -OCH3 is 1. The zero-order valence-corrected chi connectivity index (χ0v) is 14.9. The Bertz CT molecular complexity index is 576. The summed E-state index contributed by atoms with van der Waals surface area (Å²) >= 11 is 0. The molecule has 0 saturated carbocycles. The molecule has 2 heterocycles. The summed E-state index contributed by atoms with van der Waals surface area (Å²) in [6.45, 7) is 8.76. The van der Waals surface area contributed by atoms with E-state index in [4.69, 9.17) is 9.47 Å². The second kappa shape index (κ2) is 7.43. The van der Waals surface area contributed by atoms with E-state index in [0.717, 1.165) is 32.6 Å². The van der Waals surface area contributed by atoms with Crippen LogP contribution in [0, 0.1) is 17.8 Å². The Hall–Kier alpha value is -1.75. The number of fused-ring (bicyclic) bond motifs is 1. The Labute approximate surface area is 144 Å². The molecule has 2 saturated heterocycles. The standard InChI is InChI=1S/C19H28N2O3/c1-13(2)6-7-24-17-5-4-14(8-18(17)23-3)19(22)21-11-15-9-20-10-16(15)12-21/h4-5,8,13,15-16,20H,6-7,9-12H2,1-3H3/t15-,16+. The number of likely N-dealkylation sites (tertiary alicyclic amines) is 1. The summed E-state index contributed by atoms with van der Waals surface area (Å²) in [5.41, 5.74) is 0.677. The van der Waals surface area contributed by atoms with E-state index in [2.05, 4.69) is 19.2 Å². The smallest absolute Gasteiger partial charge is 0.254 e. The fourth-order valence-electron chi connectivity index (χ4n) is 3.53. The first-order valence-electron chi connectivity index (χ1n) is 8.89. The summed E-state index contributed by atoms with van der Waals surface area (Å²) in [4.78, 5) is 14.7. The number of nitrogens with one attached hydrogen (secondary N) is 1. The topological polar surface area (TPSA) is 50.8 Å². The van der Waals surface area contributed by atoms with Crippen LogP contribution in [0.2, 0.25) is 0 Å². The van der Waals surface area contributed by atoms with E-state index in [0.29, 0.717) is 41.4 Å². The first kappa shape index (κ1) is 17.1. The molecule has 132 valence electrons. The van der Waals surface area contributed by atoms with E-state index in [1.165, 1.54) is 0 Å². The van der Waals surface area contributed by atoms with Crippen molar-refractivity contribution in [1.29, 1.82) is 0 Å². The van der Waals surface area contributed by atoms with Crippen LogP contribution in [0.4, 0.5) is 0 Å². The number of carbonyl (C=O) groups is 1. The number of carbonyl (C=O) groups excluding carboxylic acids is 1. The Morgan fingerprint density at radius 1 is 1.25 bits per heavy atom. The molecule has 0 aliphatic carbocycles. The van der Waals surface area contributed by atoms with Crippen LogP contribution < -0.4 is 14.8 Å². The van der Waals surface area contributed by atoms with Gasteiger partial charge in [-0.1, -0.05) is 13.8 Å². The SMILES string of the molecule is COc1cc(C(=O)N2C[C@H]3CNC[C@H]3C2)ccc1OCCC(C)C. The maximum atomic E-state index is 12.8. The fourth-order valence-corrected chi connectivity index (χ4v) is 3.53. The average Bonchev–Trinajstić information content (AvgIpc) is 3.15. The Kier molecular flexibility index (Phi) is 5.29. The lowest BCUT2D eigenvalue weighted by molar-refractivity contribution is 0.0781. The molecule has 2 atom stereocenters. The zero-order chi connectivity index (χ0) is 17.1. The minimum Gasteiger partial charge on any atom is -0.493 e. The van der Waals surface area contributed by atoms with Crippen molar-refractivity contribution in [1.82, 2.24) is 10.2 Å². The minimum atomic E-state index is 0.0939. The van der Waals surface area contributed by atoms with Gasteiger partial charge in [-0.25, -0.2) is 0 Å². The molecule has 1 N–H and O–H groups in total. The third-order valence-corrected chi connectivity index (χ3v) is 5.04. The molecule has 2 aliphatic rings. The monoisotopic (exact) mass is 332 g/mol. The van der Waals surface area contributed by atoms with Crippen molar-refractivity contribution in [2.75, 3.05) is 39.9 Å².